The number of phosphoric acid groups is 2. The molecule has 0 heterocycles. The fourth-order valence-corrected chi connectivity index (χ4v) is 12.9. The molecule has 0 saturated heterocycles. The summed E-state index contributed by atoms with van der Waals surface area (Å²) in [7, 11) is -9.92. The summed E-state index contributed by atoms with van der Waals surface area (Å²) >= 11 is 0. The fraction of sp³-hybridized carbons (Fsp3) is 0.896. The molecule has 0 rings (SSSR count). The maximum Gasteiger partial charge on any atom is 0.472 e. The van der Waals surface area contributed by atoms with Crippen molar-refractivity contribution >= 4 is 39.5 Å². The molecule has 0 aliphatic heterocycles. The Labute approximate surface area is 586 Å². The molecule has 19 heteroatoms. The van der Waals surface area contributed by atoms with Crippen LogP contribution >= 0.6 is 15.6 Å². The largest absolute Gasteiger partial charge is 0.472 e. The van der Waals surface area contributed by atoms with Crippen LogP contribution in [0.1, 0.15) is 381 Å². The Balaban J connectivity index is 5.28. The average Bonchev–Trinajstić information content (AvgIpc) is 1.12. The van der Waals surface area contributed by atoms with E-state index in [0.717, 1.165) is 115 Å². The van der Waals surface area contributed by atoms with Gasteiger partial charge in [0.1, 0.15) is 19.3 Å². The number of carbonyl (C=O) groups is 4. The topological polar surface area (TPSA) is 237 Å². The molecule has 0 aromatic carbocycles. The smallest absolute Gasteiger partial charge is 0.462 e. The zero-order chi connectivity index (χ0) is 70.5. The molecule has 0 bridgehead atoms. The molecule has 2 unspecified atom stereocenters. The number of phosphoric ester groups is 2. The monoisotopic (exact) mass is 1410 g/mol. The molecule has 0 saturated carbocycles. The zero-order valence-corrected chi connectivity index (χ0v) is 63.8. The first-order valence-electron chi connectivity index (χ1n) is 39.5. The van der Waals surface area contributed by atoms with E-state index in [-0.39, 0.29) is 25.7 Å². The summed E-state index contributed by atoms with van der Waals surface area (Å²) in [6.45, 7) is 7.24. The van der Waals surface area contributed by atoms with Gasteiger partial charge in [0.05, 0.1) is 26.4 Å². The Morgan fingerprint density at radius 2 is 0.562 bits per heavy atom. The van der Waals surface area contributed by atoms with Gasteiger partial charge in [0.25, 0.3) is 0 Å². The van der Waals surface area contributed by atoms with Crippen molar-refractivity contribution in [3.05, 3.63) is 24.3 Å². The van der Waals surface area contributed by atoms with E-state index < -0.39 is 97.5 Å². The lowest BCUT2D eigenvalue weighted by Crippen LogP contribution is -2.30. The van der Waals surface area contributed by atoms with E-state index in [1.807, 2.05) is 0 Å². The van der Waals surface area contributed by atoms with Crippen molar-refractivity contribution in [1.82, 2.24) is 0 Å². The number of allylic oxidation sites excluding steroid dienone is 4. The Morgan fingerprint density at radius 1 is 0.323 bits per heavy atom. The summed E-state index contributed by atoms with van der Waals surface area (Å²) in [6, 6.07) is 0. The zero-order valence-electron chi connectivity index (χ0n) is 62.0. The third kappa shape index (κ3) is 70.0. The summed E-state index contributed by atoms with van der Waals surface area (Å²) in [4.78, 5) is 72.8. The molecule has 0 aromatic rings. The number of hydrogen-bond donors (Lipinski definition) is 3. The van der Waals surface area contributed by atoms with Crippen LogP contribution in [0, 0.1) is 5.92 Å². The maximum atomic E-state index is 13.1. The van der Waals surface area contributed by atoms with Gasteiger partial charge in [-0.15, -0.1) is 0 Å². The Bertz CT molecular complexity index is 1930. The number of unbranched alkanes of at least 4 members (excludes halogenated alkanes) is 44. The number of aliphatic hydroxyl groups excluding tert-OH is 1. The molecule has 0 amide bonds. The van der Waals surface area contributed by atoms with E-state index in [1.165, 1.54) is 186 Å². The van der Waals surface area contributed by atoms with Crippen LogP contribution in [-0.4, -0.2) is 96.7 Å². The summed E-state index contributed by atoms with van der Waals surface area (Å²) in [5.74, 6) is -1.37. The van der Waals surface area contributed by atoms with Crippen molar-refractivity contribution < 1.29 is 80.2 Å². The maximum absolute atomic E-state index is 13.1. The van der Waals surface area contributed by atoms with Crippen molar-refractivity contribution in [2.75, 3.05) is 39.6 Å². The molecule has 0 aliphatic rings. The lowest BCUT2D eigenvalue weighted by Gasteiger charge is -2.21. The highest BCUT2D eigenvalue weighted by atomic mass is 31.2. The standard InChI is InChI=1S/C77H146O17P2/c1-6-9-12-15-18-21-24-26-28-30-32-37-42-47-52-57-62-76(81)94-73(67-88-75(80)61-56-51-46-41-36-31-29-27-25-22-19-16-13-10-7-2)69-92-96(85,86)90-65-71(78)64-89-95(83,84)91-68-72(66-87-74(79)60-55-50-45-40-23-20-17-14-11-8-3)93-77(82)63-58-53-48-43-38-34-33-35-39-44-49-54-59-70(4)5/h22,25,27,29,70-73,78H,6-21,23-24,26,28,30-69H2,1-5H3,(H,83,84)(H,85,86)/b25-22-,29-27-/t71-,72+,73+/m0/s1. The summed E-state index contributed by atoms with van der Waals surface area (Å²) in [5, 5.41) is 10.6. The van der Waals surface area contributed by atoms with Crippen molar-refractivity contribution in [2.24, 2.45) is 5.92 Å². The lowest BCUT2D eigenvalue weighted by molar-refractivity contribution is -0.161. The quantitative estimate of drug-likeness (QED) is 0.0169. The predicted octanol–water partition coefficient (Wildman–Crippen LogP) is 22.4. The molecule has 566 valence electrons. The summed E-state index contributed by atoms with van der Waals surface area (Å²) in [6.07, 6.45) is 61.7. The van der Waals surface area contributed by atoms with Crippen LogP contribution in [0.15, 0.2) is 24.3 Å². The molecule has 17 nitrogen and oxygen atoms in total. The van der Waals surface area contributed by atoms with Crippen LogP contribution in [0.3, 0.4) is 0 Å². The van der Waals surface area contributed by atoms with Gasteiger partial charge in [-0.3, -0.25) is 37.3 Å². The van der Waals surface area contributed by atoms with Crippen molar-refractivity contribution in [3.63, 3.8) is 0 Å². The van der Waals surface area contributed by atoms with Gasteiger partial charge >= 0.3 is 39.5 Å². The summed E-state index contributed by atoms with van der Waals surface area (Å²) < 4.78 is 68.5. The second-order valence-corrected chi connectivity index (χ2v) is 30.4. The minimum absolute atomic E-state index is 0.102. The lowest BCUT2D eigenvalue weighted by atomic mass is 10.0. The van der Waals surface area contributed by atoms with Gasteiger partial charge in [-0.05, 0) is 57.3 Å². The molecular formula is C77H146O17P2. The van der Waals surface area contributed by atoms with Gasteiger partial charge in [0.15, 0.2) is 12.2 Å². The van der Waals surface area contributed by atoms with Crippen molar-refractivity contribution in [2.45, 2.75) is 400 Å². The first kappa shape index (κ1) is 93.5. The van der Waals surface area contributed by atoms with Crippen LogP contribution in [-0.2, 0) is 65.4 Å². The second-order valence-electron chi connectivity index (χ2n) is 27.5. The molecule has 0 fully saturated rings. The number of hydrogen-bond acceptors (Lipinski definition) is 15. The van der Waals surface area contributed by atoms with Gasteiger partial charge in [-0.1, -0.05) is 329 Å². The highest BCUT2D eigenvalue weighted by Crippen LogP contribution is 2.45. The Kier molecular flexibility index (Phi) is 67.8. The number of ether oxygens (including phenoxy) is 4. The molecule has 5 atom stereocenters. The Hall–Kier alpha value is -2.46. The van der Waals surface area contributed by atoms with Crippen molar-refractivity contribution in [3.8, 4) is 0 Å². The minimum Gasteiger partial charge on any atom is -0.462 e. The molecule has 0 spiro atoms. The van der Waals surface area contributed by atoms with E-state index in [0.29, 0.717) is 25.7 Å². The first-order chi connectivity index (χ1) is 46.5. The van der Waals surface area contributed by atoms with Crippen LogP contribution in [0.5, 0.6) is 0 Å². The van der Waals surface area contributed by atoms with Crippen LogP contribution in [0.2, 0.25) is 0 Å². The van der Waals surface area contributed by atoms with E-state index in [4.69, 9.17) is 37.0 Å². The predicted molar refractivity (Wildman–Crippen MR) is 391 cm³/mol. The molecule has 0 radical (unpaired) electrons. The number of esters is 4. The molecule has 3 N–H and O–H groups in total. The minimum atomic E-state index is -4.96. The first-order valence-corrected chi connectivity index (χ1v) is 42.4. The van der Waals surface area contributed by atoms with Crippen LogP contribution < -0.4 is 0 Å². The highest BCUT2D eigenvalue weighted by Gasteiger charge is 2.30. The fourth-order valence-electron chi connectivity index (χ4n) is 11.3. The van der Waals surface area contributed by atoms with Gasteiger partial charge in [-0.2, -0.15) is 0 Å². The third-order valence-corrected chi connectivity index (χ3v) is 19.3. The second kappa shape index (κ2) is 69.6. The molecule has 0 aromatic heterocycles. The summed E-state index contributed by atoms with van der Waals surface area (Å²) in [5.41, 5.74) is 0. The van der Waals surface area contributed by atoms with Crippen molar-refractivity contribution in [1.29, 1.82) is 0 Å². The van der Waals surface area contributed by atoms with E-state index in [9.17, 15) is 43.2 Å². The third-order valence-electron chi connectivity index (χ3n) is 17.4. The van der Waals surface area contributed by atoms with E-state index in [2.05, 4.69) is 58.9 Å². The molecule has 96 heavy (non-hydrogen) atoms. The Morgan fingerprint density at radius 3 is 0.854 bits per heavy atom. The van der Waals surface area contributed by atoms with E-state index >= 15 is 0 Å². The molecule has 0 aliphatic carbocycles. The van der Waals surface area contributed by atoms with E-state index in [1.54, 1.807) is 0 Å². The number of aliphatic hydroxyl groups is 1. The normalized spacial score (nSPS) is 14.1. The highest BCUT2D eigenvalue weighted by molar-refractivity contribution is 7.47. The SMILES string of the molecule is CCCCCC/C=C\C=C/CCCCCCCC(=O)OC[C@H](COP(=O)(O)OC[C@@H](O)COP(=O)(O)OC[C@@H](COC(=O)CCCCCCCCCCCC)OC(=O)CCCCCCCCCCCCCCC(C)C)OC(=O)CCCCCCCCCCCCCCCCCC. The van der Waals surface area contributed by atoms with Gasteiger partial charge in [0, 0.05) is 25.7 Å². The number of carbonyl (C=O) groups excluding carboxylic acids is 4. The van der Waals surface area contributed by atoms with Gasteiger partial charge < -0.3 is 33.8 Å². The van der Waals surface area contributed by atoms with Gasteiger partial charge in [0.2, 0.25) is 0 Å². The number of rotatable bonds is 75. The van der Waals surface area contributed by atoms with Crippen LogP contribution in [0.25, 0.3) is 0 Å². The molecular weight excluding hydrogens is 1260 g/mol. The average molecular weight is 1410 g/mol. The van der Waals surface area contributed by atoms with Crippen LogP contribution in [0.4, 0.5) is 0 Å². The van der Waals surface area contributed by atoms with Gasteiger partial charge in [-0.25, -0.2) is 9.13 Å².